The van der Waals surface area contributed by atoms with Crippen molar-refractivity contribution in [1.29, 1.82) is 0 Å². The van der Waals surface area contributed by atoms with Crippen LogP contribution >= 0.6 is 0 Å². The smallest absolute Gasteiger partial charge is 0.303 e. The number of nitrogens with one attached hydrogen (secondary N) is 1. The third kappa shape index (κ3) is 18.7. The minimum absolute atomic E-state index is 0.334. The van der Waals surface area contributed by atoms with E-state index in [0.29, 0.717) is 12.8 Å². The number of carboxylic acids is 1. The molecule has 0 aromatic rings. The third-order valence-electron chi connectivity index (χ3n) is 2.40. The van der Waals surface area contributed by atoms with Crippen LogP contribution in [0.4, 0.5) is 0 Å². The lowest BCUT2D eigenvalue weighted by atomic mass is 10.0. The van der Waals surface area contributed by atoms with Crippen molar-refractivity contribution in [2.24, 2.45) is 5.92 Å². The highest BCUT2D eigenvalue weighted by atomic mass is 16.4. The van der Waals surface area contributed by atoms with E-state index in [4.69, 9.17) is 9.90 Å². The van der Waals surface area contributed by atoms with E-state index in [9.17, 15) is 4.79 Å². The average Bonchev–Trinajstić information content (AvgIpc) is 2.28. The Bertz CT molecular complexity index is 172. The molecule has 4 heteroatoms. The molecule has 1 atom stereocenters. The van der Waals surface area contributed by atoms with Crippen LogP contribution in [0.5, 0.6) is 0 Å². The molecule has 4 nitrogen and oxygen atoms in total. The van der Waals surface area contributed by atoms with Crippen LogP contribution in [-0.4, -0.2) is 24.5 Å². The number of unbranched alkanes of at least 4 members (excludes halogenated alkanes) is 2. The number of carbonyl (C=O) groups excluding carboxylic acids is 1. The van der Waals surface area contributed by atoms with Crippen molar-refractivity contribution in [3.63, 3.8) is 0 Å². The number of carbonyl (C=O) groups is 2. The molecule has 0 saturated carbocycles. The molecule has 0 fully saturated rings. The van der Waals surface area contributed by atoms with Crippen molar-refractivity contribution in [2.45, 2.75) is 52.4 Å². The van der Waals surface area contributed by atoms with E-state index in [2.05, 4.69) is 19.2 Å². The number of amides is 1. The fourth-order valence-corrected chi connectivity index (χ4v) is 1.15. The summed E-state index contributed by atoms with van der Waals surface area (Å²) in [4.78, 5) is 19.2. The van der Waals surface area contributed by atoms with Crippen molar-refractivity contribution < 1.29 is 14.7 Å². The molecule has 0 aromatic carbocycles. The van der Waals surface area contributed by atoms with E-state index < -0.39 is 5.97 Å². The summed E-state index contributed by atoms with van der Waals surface area (Å²) >= 11 is 0. The number of rotatable bonds is 8. The zero-order valence-corrected chi connectivity index (χ0v) is 10.7. The van der Waals surface area contributed by atoms with Gasteiger partial charge in [0.05, 0.1) is 0 Å². The lowest BCUT2D eigenvalue weighted by Crippen LogP contribution is -1.98. The number of hydrogen-bond donors (Lipinski definition) is 2. The largest absolute Gasteiger partial charge is 0.481 e. The number of carboxylic acid groups (broad SMARTS) is 1. The van der Waals surface area contributed by atoms with Gasteiger partial charge in [-0.2, -0.15) is 0 Å². The topological polar surface area (TPSA) is 66.4 Å². The highest BCUT2D eigenvalue weighted by Gasteiger charge is 1.99. The summed E-state index contributed by atoms with van der Waals surface area (Å²) in [5, 5.41) is 10.6. The normalized spacial score (nSPS) is 10.9. The molecule has 2 N–H and O–H groups in total. The van der Waals surface area contributed by atoms with E-state index in [0.717, 1.165) is 18.8 Å². The van der Waals surface area contributed by atoms with Gasteiger partial charge in [-0.05, 0) is 12.3 Å². The van der Waals surface area contributed by atoms with Crippen LogP contribution in [0.15, 0.2) is 0 Å². The van der Waals surface area contributed by atoms with Crippen LogP contribution in [0.1, 0.15) is 52.4 Å². The lowest BCUT2D eigenvalue weighted by Gasteiger charge is -2.06. The Kier molecular flexibility index (Phi) is 15.1. The van der Waals surface area contributed by atoms with E-state index in [1.807, 2.05) is 0 Å². The monoisotopic (exact) mass is 231 g/mol. The highest BCUT2D eigenvalue weighted by Crippen LogP contribution is 2.12. The minimum atomic E-state index is -0.668. The Morgan fingerprint density at radius 1 is 1.38 bits per heavy atom. The minimum Gasteiger partial charge on any atom is -0.481 e. The second-order valence-electron chi connectivity index (χ2n) is 3.91. The maximum Gasteiger partial charge on any atom is 0.303 e. The van der Waals surface area contributed by atoms with Gasteiger partial charge in [-0.15, -0.1) is 0 Å². The Hall–Kier alpha value is -1.06. The van der Waals surface area contributed by atoms with E-state index in [-0.39, 0.29) is 0 Å². The summed E-state index contributed by atoms with van der Waals surface area (Å²) in [5.74, 6) is 0.133. The Morgan fingerprint density at radius 2 is 1.94 bits per heavy atom. The first-order chi connectivity index (χ1) is 7.58. The van der Waals surface area contributed by atoms with Gasteiger partial charge < -0.3 is 10.4 Å². The summed E-state index contributed by atoms with van der Waals surface area (Å²) in [6.07, 6.45) is 6.53. The Labute approximate surface area is 98.4 Å². The Morgan fingerprint density at radius 3 is 2.31 bits per heavy atom. The molecule has 0 aliphatic heterocycles. The van der Waals surface area contributed by atoms with E-state index in [1.54, 1.807) is 7.05 Å². The first-order valence-electron chi connectivity index (χ1n) is 5.91. The van der Waals surface area contributed by atoms with Crippen LogP contribution in [0.25, 0.3) is 0 Å². The molecule has 0 aliphatic rings. The quantitative estimate of drug-likeness (QED) is 0.498. The molecule has 96 valence electrons. The second kappa shape index (κ2) is 13.9. The standard InChI is InChI=1S/C10H20O2.C2H5NO/c1-3-9(2)7-5-4-6-8-10(11)12;1-3-2-4/h9H,3-8H2,1-2H3,(H,11,12);2H,1H3,(H,3,4). The molecule has 0 aliphatic carbocycles. The molecule has 0 spiro atoms. The van der Waals surface area contributed by atoms with Crippen LogP contribution in [0.2, 0.25) is 0 Å². The molecule has 16 heavy (non-hydrogen) atoms. The maximum absolute atomic E-state index is 10.2. The van der Waals surface area contributed by atoms with Crippen LogP contribution in [-0.2, 0) is 9.59 Å². The van der Waals surface area contributed by atoms with Gasteiger partial charge >= 0.3 is 5.97 Å². The zero-order valence-electron chi connectivity index (χ0n) is 10.7. The van der Waals surface area contributed by atoms with Crippen molar-refractivity contribution in [2.75, 3.05) is 7.05 Å². The molecule has 1 amide bonds. The zero-order chi connectivity index (χ0) is 12.8. The van der Waals surface area contributed by atoms with Gasteiger partial charge in [-0.25, -0.2) is 0 Å². The van der Waals surface area contributed by atoms with Gasteiger partial charge in [0.1, 0.15) is 0 Å². The van der Waals surface area contributed by atoms with Gasteiger partial charge in [-0.3, -0.25) is 9.59 Å². The first kappa shape index (κ1) is 17.3. The van der Waals surface area contributed by atoms with Gasteiger partial charge in [0.15, 0.2) is 0 Å². The molecule has 1 unspecified atom stereocenters. The highest BCUT2D eigenvalue weighted by molar-refractivity contribution is 5.66. The van der Waals surface area contributed by atoms with Gasteiger partial charge in [0.25, 0.3) is 0 Å². The molecular weight excluding hydrogens is 206 g/mol. The van der Waals surface area contributed by atoms with Gasteiger partial charge in [-0.1, -0.05) is 39.5 Å². The lowest BCUT2D eigenvalue weighted by molar-refractivity contribution is -0.137. The summed E-state index contributed by atoms with van der Waals surface area (Å²) in [5.41, 5.74) is 0. The number of hydrogen-bond acceptors (Lipinski definition) is 2. The summed E-state index contributed by atoms with van der Waals surface area (Å²) in [6.45, 7) is 4.44. The maximum atomic E-state index is 10.2. The van der Waals surface area contributed by atoms with Gasteiger partial charge in [0, 0.05) is 13.5 Å². The summed E-state index contributed by atoms with van der Waals surface area (Å²) in [7, 11) is 1.56. The fraction of sp³-hybridized carbons (Fsp3) is 0.833. The van der Waals surface area contributed by atoms with E-state index in [1.165, 1.54) is 19.3 Å². The predicted molar refractivity (Wildman–Crippen MR) is 65.3 cm³/mol. The molecular formula is C12H25NO3. The van der Waals surface area contributed by atoms with Crippen molar-refractivity contribution >= 4 is 12.4 Å². The average molecular weight is 231 g/mol. The SMILES string of the molecule is CCC(C)CCCCCC(=O)O.CNC=O. The first-order valence-corrected chi connectivity index (χ1v) is 5.91. The fourth-order valence-electron chi connectivity index (χ4n) is 1.15. The predicted octanol–water partition coefficient (Wildman–Crippen LogP) is 2.43. The summed E-state index contributed by atoms with van der Waals surface area (Å²) in [6, 6.07) is 0. The molecule has 0 radical (unpaired) electrons. The third-order valence-corrected chi connectivity index (χ3v) is 2.40. The molecule has 0 heterocycles. The van der Waals surface area contributed by atoms with Crippen LogP contribution in [0.3, 0.4) is 0 Å². The van der Waals surface area contributed by atoms with E-state index >= 15 is 0 Å². The summed E-state index contributed by atoms with van der Waals surface area (Å²) < 4.78 is 0. The van der Waals surface area contributed by atoms with Crippen molar-refractivity contribution in [3.05, 3.63) is 0 Å². The molecule has 0 rings (SSSR count). The number of aliphatic carboxylic acids is 1. The van der Waals surface area contributed by atoms with Crippen LogP contribution in [0, 0.1) is 5.92 Å². The van der Waals surface area contributed by atoms with Crippen molar-refractivity contribution in [3.8, 4) is 0 Å². The molecule has 0 saturated heterocycles. The van der Waals surface area contributed by atoms with Gasteiger partial charge in [0.2, 0.25) is 6.41 Å². The van der Waals surface area contributed by atoms with Crippen LogP contribution < -0.4 is 5.32 Å². The second-order valence-corrected chi connectivity index (χ2v) is 3.91. The molecule has 0 bridgehead atoms. The molecule has 0 aromatic heterocycles. The Balaban J connectivity index is 0. The van der Waals surface area contributed by atoms with Crippen molar-refractivity contribution in [1.82, 2.24) is 5.32 Å².